The van der Waals surface area contributed by atoms with E-state index in [2.05, 4.69) is 16.3 Å². The molecule has 0 rings (SSSR count). The third kappa shape index (κ3) is 12.7. The fraction of sp³-hybridized carbons (Fsp3) is 0.833. The zero-order chi connectivity index (χ0) is 9.78. The Hall–Kier alpha value is 0.740. The second kappa shape index (κ2) is 12.7. The molecule has 0 unspecified atom stereocenters. The minimum atomic E-state index is 1.23. The van der Waals surface area contributed by atoms with Gasteiger partial charge in [0.1, 0.15) is 0 Å². The van der Waals surface area contributed by atoms with Gasteiger partial charge in [0.15, 0.2) is 0 Å². The SMILES string of the molecule is CCCCCCCCCCC=[CH][Na]. The number of hydrogen-bond acceptors (Lipinski definition) is 0. The molecule has 1 heteroatoms. The van der Waals surface area contributed by atoms with Crippen LogP contribution in [-0.2, 0) is 0 Å². The maximum atomic E-state index is 2.34. The summed E-state index contributed by atoms with van der Waals surface area (Å²) in [5.74, 6) is 0. The average Bonchev–Trinajstić information content (AvgIpc) is 2.16. The predicted molar refractivity (Wildman–Crippen MR) is 62.1 cm³/mol. The topological polar surface area (TPSA) is 0 Å². The van der Waals surface area contributed by atoms with Gasteiger partial charge in [-0.3, -0.25) is 0 Å². The van der Waals surface area contributed by atoms with Crippen molar-refractivity contribution in [3.8, 4) is 0 Å². The summed E-state index contributed by atoms with van der Waals surface area (Å²) in [6, 6.07) is 0. The molecule has 0 fully saturated rings. The fourth-order valence-electron chi connectivity index (χ4n) is 1.56. The third-order valence-corrected chi connectivity index (χ3v) is 2.93. The molecule has 0 aromatic rings. The third-order valence-electron chi connectivity index (χ3n) is 2.46. The molecule has 0 N–H and O–H groups in total. The van der Waals surface area contributed by atoms with Gasteiger partial charge in [0.2, 0.25) is 0 Å². The molecule has 0 aliphatic rings. The summed E-state index contributed by atoms with van der Waals surface area (Å²) in [6.07, 6.45) is 15.1. The van der Waals surface area contributed by atoms with Crippen LogP contribution in [0.4, 0.5) is 0 Å². The van der Waals surface area contributed by atoms with Crippen molar-refractivity contribution in [2.24, 2.45) is 0 Å². The molecule has 0 spiro atoms. The Bertz CT molecular complexity index is 108. The van der Waals surface area contributed by atoms with Crippen molar-refractivity contribution in [2.45, 2.75) is 64.7 Å². The first kappa shape index (κ1) is 13.7. The second-order valence-corrected chi connectivity index (χ2v) is 4.50. The van der Waals surface area contributed by atoms with Crippen molar-refractivity contribution in [3.05, 3.63) is 9.40 Å². The van der Waals surface area contributed by atoms with E-state index in [4.69, 9.17) is 0 Å². The molecule has 0 nitrogen and oxygen atoms in total. The summed E-state index contributed by atoms with van der Waals surface area (Å²) < 4.78 is 2.29. The van der Waals surface area contributed by atoms with E-state index in [1.54, 1.807) is 0 Å². The van der Waals surface area contributed by atoms with E-state index in [1.807, 2.05) is 0 Å². The number of unbranched alkanes of at least 4 members (excludes halogenated alkanes) is 8. The molecule has 0 bridgehead atoms. The average molecular weight is 190 g/mol. The van der Waals surface area contributed by atoms with E-state index in [-0.39, 0.29) is 0 Å². The molecule has 0 aromatic heterocycles. The molecule has 0 saturated carbocycles. The Morgan fingerprint density at radius 2 is 1.38 bits per heavy atom. The van der Waals surface area contributed by atoms with Gasteiger partial charge in [-0.1, -0.05) is 0 Å². The molecule has 0 amide bonds. The number of hydrogen-bond donors (Lipinski definition) is 0. The number of allylic oxidation sites excluding steroid dienone is 1. The van der Waals surface area contributed by atoms with Gasteiger partial charge < -0.3 is 0 Å². The Morgan fingerprint density at radius 3 is 1.92 bits per heavy atom. The van der Waals surface area contributed by atoms with Crippen LogP contribution in [-0.4, -0.2) is 27.9 Å². The molecule has 0 aliphatic heterocycles. The molecule has 0 heterocycles. The van der Waals surface area contributed by atoms with E-state index in [0.29, 0.717) is 0 Å². The molecule has 13 heavy (non-hydrogen) atoms. The summed E-state index contributed by atoms with van der Waals surface area (Å²) in [6.45, 7) is 2.28. The van der Waals surface area contributed by atoms with Crippen molar-refractivity contribution in [3.63, 3.8) is 0 Å². The van der Waals surface area contributed by atoms with Crippen LogP contribution in [0.2, 0.25) is 0 Å². The summed E-state index contributed by atoms with van der Waals surface area (Å²) in [5.41, 5.74) is 0. The van der Waals surface area contributed by atoms with Crippen LogP contribution in [0.5, 0.6) is 0 Å². The Morgan fingerprint density at radius 1 is 0.846 bits per heavy atom. The first-order valence-electron chi connectivity index (χ1n) is 6.03. The zero-order valence-electron chi connectivity index (χ0n) is 9.52. The minimum absolute atomic E-state index is 1.23. The van der Waals surface area contributed by atoms with Gasteiger partial charge in [0.05, 0.1) is 0 Å². The molecule has 0 atom stereocenters. The van der Waals surface area contributed by atoms with Gasteiger partial charge in [-0.2, -0.15) is 0 Å². The quantitative estimate of drug-likeness (QED) is 0.377. The van der Waals surface area contributed by atoms with Gasteiger partial charge in [0.25, 0.3) is 0 Å². The molecule has 0 aliphatic carbocycles. The van der Waals surface area contributed by atoms with Crippen LogP contribution < -0.4 is 0 Å². The van der Waals surface area contributed by atoms with Gasteiger partial charge in [0, 0.05) is 0 Å². The van der Waals surface area contributed by atoms with Crippen LogP contribution in [0.15, 0.2) is 9.40 Å². The maximum absolute atomic E-state index is 2.34. The van der Waals surface area contributed by atoms with Crippen LogP contribution in [0.1, 0.15) is 64.7 Å². The van der Waals surface area contributed by atoms with E-state index < -0.39 is 0 Å². The Kier molecular flexibility index (Phi) is 13.5. The molecule has 0 aromatic carbocycles. The van der Waals surface area contributed by atoms with E-state index in [0.717, 1.165) is 0 Å². The van der Waals surface area contributed by atoms with Gasteiger partial charge in [-0.25, -0.2) is 0 Å². The van der Waals surface area contributed by atoms with E-state index in [1.165, 1.54) is 85.7 Å². The van der Waals surface area contributed by atoms with Crippen LogP contribution in [0.3, 0.4) is 0 Å². The summed E-state index contributed by atoms with van der Waals surface area (Å²) in [7, 11) is 0. The van der Waals surface area contributed by atoms with Crippen molar-refractivity contribution >= 4 is 27.9 Å². The van der Waals surface area contributed by atoms with Crippen LogP contribution >= 0.6 is 0 Å². The van der Waals surface area contributed by atoms with Crippen molar-refractivity contribution in [1.29, 1.82) is 0 Å². The first-order chi connectivity index (χ1) is 6.41. The second-order valence-electron chi connectivity index (χ2n) is 3.83. The van der Waals surface area contributed by atoms with Crippen molar-refractivity contribution < 1.29 is 0 Å². The van der Waals surface area contributed by atoms with Crippen LogP contribution in [0.25, 0.3) is 0 Å². The molecular formula is C12H23Na. The molecule has 0 saturated heterocycles. The predicted octanol–water partition coefficient (Wildman–Crippen LogP) is 4.20. The van der Waals surface area contributed by atoms with Crippen LogP contribution in [0, 0.1) is 0 Å². The molecule has 0 radical (unpaired) electrons. The summed E-state index contributed by atoms with van der Waals surface area (Å²) in [4.78, 5) is 0. The van der Waals surface area contributed by atoms with E-state index in [9.17, 15) is 0 Å². The zero-order valence-corrected chi connectivity index (χ0v) is 11.5. The molecule has 72 valence electrons. The first-order valence-corrected chi connectivity index (χ1v) is 7.18. The van der Waals surface area contributed by atoms with Gasteiger partial charge >= 0.3 is 102 Å². The number of rotatable bonds is 9. The van der Waals surface area contributed by atoms with Gasteiger partial charge in [-0.15, -0.1) is 0 Å². The summed E-state index contributed by atoms with van der Waals surface area (Å²) >= 11 is 1.23. The molecular weight excluding hydrogens is 167 g/mol. The monoisotopic (exact) mass is 190 g/mol. The Balaban J connectivity index is 2.83. The Labute approximate surface area is 102 Å². The normalized spacial score (nSPS) is 11.3. The van der Waals surface area contributed by atoms with Gasteiger partial charge in [-0.05, 0) is 0 Å². The van der Waals surface area contributed by atoms with E-state index >= 15 is 0 Å². The van der Waals surface area contributed by atoms with Crippen molar-refractivity contribution in [2.75, 3.05) is 0 Å². The van der Waals surface area contributed by atoms with Crippen molar-refractivity contribution in [1.82, 2.24) is 0 Å². The standard InChI is InChI=1S/C12H23.Na/c1-3-5-7-9-11-12-10-8-6-4-2;/h1,3H,4-12H2,2H3;. The fourth-order valence-corrected chi connectivity index (χ4v) is 1.90. The summed E-state index contributed by atoms with van der Waals surface area (Å²) in [5, 5.41) is 0.